The van der Waals surface area contributed by atoms with E-state index in [0.29, 0.717) is 11.5 Å². The SMILES string of the molecule is CCC1(C(Cc2ccc(Cl)c(F)c2)NC)CCCC1. The van der Waals surface area contributed by atoms with Crippen LogP contribution in [0.1, 0.15) is 44.6 Å². The highest BCUT2D eigenvalue weighted by molar-refractivity contribution is 6.30. The molecule has 19 heavy (non-hydrogen) atoms. The monoisotopic (exact) mass is 283 g/mol. The first-order valence-corrected chi connectivity index (χ1v) is 7.60. The van der Waals surface area contributed by atoms with E-state index in [1.54, 1.807) is 12.1 Å². The molecular formula is C16H23ClFN. The van der Waals surface area contributed by atoms with Crippen LogP contribution in [-0.2, 0) is 6.42 Å². The fraction of sp³-hybridized carbons (Fsp3) is 0.625. The van der Waals surface area contributed by atoms with Crippen LogP contribution < -0.4 is 5.32 Å². The molecule has 0 amide bonds. The van der Waals surface area contributed by atoms with Gasteiger partial charge in [-0.2, -0.15) is 0 Å². The molecule has 0 radical (unpaired) electrons. The Kier molecular flexibility index (Phi) is 4.86. The van der Waals surface area contributed by atoms with Gasteiger partial charge in [-0.1, -0.05) is 37.4 Å². The molecule has 1 aromatic rings. The van der Waals surface area contributed by atoms with Gasteiger partial charge in [-0.3, -0.25) is 0 Å². The van der Waals surface area contributed by atoms with Crippen LogP contribution in [0.15, 0.2) is 18.2 Å². The molecule has 106 valence electrons. The second-order valence-corrected chi connectivity index (χ2v) is 6.12. The summed E-state index contributed by atoms with van der Waals surface area (Å²) >= 11 is 5.74. The number of halogens is 2. The van der Waals surface area contributed by atoms with Gasteiger partial charge in [-0.05, 0) is 55.8 Å². The summed E-state index contributed by atoms with van der Waals surface area (Å²) in [5.74, 6) is -0.314. The van der Waals surface area contributed by atoms with Crippen molar-refractivity contribution in [3.05, 3.63) is 34.6 Å². The molecule has 2 rings (SSSR count). The van der Waals surface area contributed by atoms with Gasteiger partial charge in [0.05, 0.1) is 5.02 Å². The minimum atomic E-state index is -0.314. The number of hydrogen-bond donors (Lipinski definition) is 1. The van der Waals surface area contributed by atoms with Crippen molar-refractivity contribution in [2.75, 3.05) is 7.05 Å². The molecule has 1 aliphatic rings. The summed E-state index contributed by atoms with van der Waals surface area (Å²) in [5.41, 5.74) is 1.41. The van der Waals surface area contributed by atoms with Gasteiger partial charge in [-0.15, -0.1) is 0 Å². The Morgan fingerprint density at radius 2 is 2.05 bits per heavy atom. The van der Waals surface area contributed by atoms with Crippen LogP contribution in [0.3, 0.4) is 0 Å². The molecule has 0 saturated heterocycles. The molecule has 1 atom stereocenters. The molecule has 0 aromatic heterocycles. The van der Waals surface area contributed by atoms with E-state index in [1.807, 2.05) is 13.1 Å². The molecule has 0 bridgehead atoms. The lowest BCUT2D eigenvalue weighted by molar-refractivity contribution is 0.192. The molecule has 0 aliphatic heterocycles. The van der Waals surface area contributed by atoms with Crippen molar-refractivity contribution >= 4 is 11.6 Å². The lowest BCUT2D eigenvalue weighted by Crippen LogP contribution is -2.43. The Bertz CT molecular complexity index is 427. The maximum Gasteiger partial charge on any atom is 0.142 e. The van der Waals surface area contributed by atoms with Crippen LogP contribution in [0, 0.1) is 11.2 Å². The van der Waals surface area contributed by atoms with E-state index in [2.05, 4.69) is 12.2 Å². The van der Waals surface area contributed by atoms with E-state index in [0.717, 1.165) is 12.0 Å². The van der Waals surface area contributed by atoms with Gasteiger partial charge in [0, 0.05) is 6.04 Å². The summed E-state index contributed by atoms with van der Waals surface area (Å²) in [6, 6.07) is 5.59. The third-order valence-corrected chi connectivity index (χ3v) is 5.12. The second kappa shape index (κ2) is 6.23. The molecule has 1 N–H and O–H groups in total. The van der Waals surface area contributed by atoms with E-state index in [9.17, 15) is 4.39 Å². The first-order chi connectivity index (χ1) is 9.11. The van der Waals surface area contributed by atoms with Crippen LogP contribution in [0.4, 0.5) is 4.39 Å². The maximum absolute atomic E-state index is 13.5. The largest absolute Gasteiger partial charge is 0.316 e. The number of nitrogens with one attached hydrogen (secondary N) is 1. The molecule has 1 unspecified atom stereocenters. The molecule has 1 aromatic carbocycles. The topological polar surface area (TPSA) is 12.0 Å². The predicted molar refractivity (Wildman–Crippen MR) is 79.2 cm³/mol. The number of rotatable bonds is 5. The van der Waals surface area contributed by atoms with E-state index in [4.69, 9.17) is 11.6 Å². The van der Waals surface area contributed by atoms with Crippen molar-refractivity contribution in [1.29, 1.82) is 0 Å². The van der Waals surface area contributed by atoms with Crippen LogP contribution in [0.25, 0.3) is 0 Å². The number of hydrogen-bond acceptors (Lipinski definition) is 1. The highest BCUT2D eigenvalue weighted by Crippen LogP contribution is 2.44. The fourth-order valence-corrected chi connectivity index (χ4v) is 3.67. The van der Waals surface area contributed by atoms with Crippen molar-refractivity contribution in [1.82, 2.24) is 5.32 Å². The molecule has 3 heteroatoms. The predicted octanol–water partition coefficient (Wildman–Crippen LogP) is 4.58. The third kappa shape index (κ3) is 3.11. The average Bonchev–Trinajstić information content (AvgIpc) is 2.90. The van der Waals surface area contributed by atoms with Crippen molar-refractivity contribution in [3.63, 3.8) is 0 Å². The number of likely N-dealkylation sites (N-methyl/N-ethyl adjacent to an activating group) is 1. The minimum Gasteiger partial charge on any atom is -0.316 e. The fourth-order valence-electron chi connectivity index (χ4n) is 3.55. The molecule has 0 spiro atoms. The second-order valence-electron chi connectivity index (χ2n) is 5.72. The smallest absolute Gasteiger partial charge is 0.142 e. The van der Waals surface area contributed by atoms with Crippen molar-refractivity contribution in [2.45, 2.75) is 51.5 Å². The zero-order valence-electron chi connectivity index (χ0n) is 11.8. The Morgan fingerprint density at radius 3 is 2.58 bits per heavy atom. The summed E-state index contributed by atoms with van der Waals surface area (Å²) < 4.78 is 13.5. The summed E-state index contributed by atoms with van der Waals surface area (Å²) in [5, 5.41) is 3.67. The molecule has 1 aliphatic carbocycles. The standard InChI is InChI=1S/C16H23ClFN/c1-3-16(8-4-5-9-16)15(19-2)11-12-6-7-13(17)14(18)10-12/h6-7,10,15,19H,3-5,8-9,11H2,1-2H3. The van der Waals surface area contributed by atoms with Crippen LogP contribution in [0.2, 0.25) is 5.02 Å². The van der Waals surface area contributed by atoms with E-state index in [-0.39, 0.29) is 10.8 Å². The maximum atomic E-state index is 13.5. The van der Waals surface area contributed by atoms with Gasteiger partial charge >= 0.3 is 0 Å². The Labute approximate surface area is 120 Å². The summed E-state index contributed by atoms with van der Waals surface area (Å²) in [7, 11) is 2.02. The van der Waals surface area contributed by atoms with Gasteiger partial charge in [-0.25, -0.2) is 4.39 Å². The Hall–Kier alpha value is -0.600. The van der Waals surface area contributed by atoms with Gasteiger partial charge < -0.3 is 5.32 Å². The van der Waals surface area contributed by atoms with Crippen LogP contribution >= 0.6 is 11.6 Å². The Morgan fingerprint density at radius 1 is 1.37 bits per heavy atom. The van der Waals surface area contributed by atoms with E-state index < -0.39 is 0 Å². The molecule has 1 fully saturated rings. The third-order valence-electron chi connectivity index (χ3n) is 4.81. The summed E-state index contributed by atoms with van der Waals surface area (Å²) in [6.07, 6.45) is 7.27. The van der Waals surface area contributed by atoms with Crippen LogP contribution in [-0.4, -0.2) is 13.1 Å². The zero-order valence-corrected chi connectivity index (χ0v) is 12.6. The molecular weight excluding hydrogens is 261 g/mol. The minimum absolute atomic E-state index is 0.204. The highest BCUT2D eigenvalue weighted by atomic mass is 35.5. The van der Waals surface area contributed by atoms with Crippen molar-refractivity contribution in [3.8, 4) is 0 Å². The Balaban J connectivity index is 2.16. The molecule has 1 nitrogen and oxygen atoms in total. The quantitative estimate of drug-likeness (QED) is 0.834. The number of benzene rings is 1. The van der Waals surface area contributed by atoms with Crippen molar-refractivity contribution in [2.24, 2.45) is 5.41 Å². The van der Waals surface area contributed by atoms with Gasteiger partial charge in [0.25, 0.3) is 0 Å². The van der Waals surface area contributed by atoms with Gasteiger partial charge in [0.15, 0.2) is 0 Å². The van der Waals surface area contributed by atoms with E-state index in [1.165, 1.54) is 32.1 Å². The average molecular weight is 284 g/mol. The highest BCUT2D eigenvalue weighted by Gasteiger charge is 2.38. The van der Waals surface area contributed by atoms with Crippen LogP contribution in [0.5, 0.6) is 0 Å². The van der Waals surface area contributed by atoms with E-state index >= 15 is 0 Å². The summed E-state index contributed by atoms with van der Waals surface area (Å²) in [6.45, 7) is 2.28. The normalized spacial score (nSPS) is 19.6. The first kappa shape index (κ1) is 14.8. The first-order valence-electron chi connectivity index (χ1n) is 7.22. The lowest BCUT2D eigenvalue weighted by Gasteiger charge is -2.37. The molecule has 0 heterocycles. The summed E-state index contributed by atoms with van der Waals surface area (Å²) in [4.78, 5) is 0. The zero-order chi connectivity index (χ0) is 13.9. The lowest BCUT2D eigenvalue weighted by atomic mass is 9.74. The van der Waals surface area contributed by atoms with Crippen molar-refractivity contribution < 1.29 is 4.39 Å². The molecule has 1 saturated carbocycles. The van der Waals surface area contributed by atoms with Gasteiger partial charge in [0.2, 0.25) is 0 Å². The van der Waals surface area contributed by atoms with Gasteiger partial charge in [0.1, 0.15) is 5.82 Å².